The van der Waals surface area contributed by atoms with Crippen molar-refractivity contribution in [3.05, 3.63) is 35.4 Å². The van der Waals surface area contributed by atoms with Gasteiger partial charge in [0.2, 0.25) is 0 Å². The standard InChI is InChI=1S/C16H22N2O4S/c1-3-18(14-8-9-23(21,22)11-14)16(20)15(19)17-10-13-6-4-12(2)5-7-13/h4-7,14H,3,8-11H2,1-2H3,(H,17,19). The second kappa shape index (κ2) is 7.12. The first-order valence-corrected chi connectivity index (χ1v) is 9.49. The van der Waals surface area contributed by atoms with Gasteiger partial charge in [-0.25, -0.2) is 8.42 Å². The minimum Gasteiger partial charge on any atom is -0.344 e. The highest BCUT2D eigenvalue weighted by Crippen LogP contribution is 2.17. The average molecular weight is 338 g/mol. The number of hydrogen-bond donors (Lipinski definition) is 1. The molecule has 0 aliphatic carbocycles. The number of carbonyl (C=O) groups excluding carboxylic acids is 2. The lowest BCUT2D eigenvalue weighted by Crippen LogP contribution is -2.48. The average Bonchev–Trinajstić information content (AvgIpc) is 2.87. The Morgan fingerprint density at radius 2 is 1.91 bits per heavy atom. The van der Waals surface area contributed by atoms with E-state index in [1.165, 1.54) is 4.90 Å². The van der Waals surface area contributed by atoms with Gasteiger partial charge in [-0.1, -0.05) is 29.8 Å². The summed E-state index contributed by atoms with van der Waals surface area (Å²) < 4.78 is 23.1. The molecule has 126 valence electrons. The molecule has 23 heavy (non-hydrogen) atoms. The first kappa shape index (κ1) is 17.5. The number of nitrogens with one attached hydrogen (secondary N) is 1. The quantitative estimate of drug-likeness (QED) is 0.817. The van der Waals surface area contributed by atoms with Gasteiger partial charge < -0.3 is 10.2 Å². The fraction of sp³-hybridized carbons (Fsp3) is 0.500. The summed E-state index contributed by atoms with van der Waals surface area (Å²) in [6.07, 6.45) is 0.396. The van der Waals surface area contributed by atoms with E-state index in [1.54, 1.807) is 6.92 Å². The van der Waals surface area contributed by atoms with Crippen molar-refractivity contribution in [2.45, 2.75) is 32.9 Å². The molecule has 1 atom stereocenters. The maximum atomic E-state index is 12.3. The topological polar surface area (TPSA) is 83.6 Å². The summed E-state index contributed by atoms with van der Waals surface area (Å²) >= 11 is 0. The maximum Gasteiger partial charge on any atom is 0.312 e. The van der Waals surface area contributed by atoms with Crippen LogP contribution >= 0.6 is 0 Å². The SMILES string of the molecule is CCN(C(=O)C(=O)NCc1ccc(C)cc1)C1CCS(=O)(=O)C1. The molecule has 1 aliphatic rings. The van der Waals surface area contributed by atoms with E-state index >= 15 is 0 Å². The molecule has 1 aromatic rings. The summed E-state index contributed by atoms with van der Waals surface area (Å²) in [7, 11) is -3.09. The largest absolute Gasteiger partial charge is 0.344 e. The first-order chi connectivity index (χ1) is 10.8. The van der Waals surface area contributed by atoms with Gasteiger partial charge in [0.15, 0.2) is 9.84 Å². The Morgan fingerprint density at radius 3 is 2.43 bits per heavy atom. The molecule has 7 heteroatoms. The van der Waals surface area contributed by atoms with Gasteiger partial charge in [0.05, 0.1) is 11.5 Å². The lowest BCUT2D eigenvalue weighted by atomic mass is 10.1. The summed E-state index contributed by atoms with van der Waals surface area (Å²) in [6, 6.07) is 7.25. The van der Waals surface area contributed by atoms with Crippen molar-refractivity contribution in [2.24, 2.45) is 0 Å². The van der Waals surface area contributed by atoms with Gasteiger partial charge in [-0.2, -0.15) is 0 Å². The Bertz CT molecular complexity index is 683. The third-order valence-electron chi connectivity index (χ3n) is 4.02. The molecule has 0 saturated carbocycles. The molecule has 0 spiro atoms. The van der Waals surface area contributed by atoms with Crippen LogP contribution in [0.3, 0.4) is 0 Å². The summed E-state index contributed by atoms with van der Waals surface area (Å²) in [5.74, 6) is -1.34. The number of amides is 2. The van der Waals surface area contributed by atoms with Crippen LogP contribution in [0.5, 0.6) is 0 Å². The second-order valence-electron chi connectivity index (χ2n) is 5.82. The van der Waals surface area contributed by atoms with Crippen LogP contribution in [0, 0.1) is 6.92 Å². The fourth-order valence-electron chi connectivity index (χ4n) is 2.68. The van der Waals surface area contributed by atoms with Gasteiger partial charge in [-0.05, 0) is 25.8 Å². The lowest BCUT2D eigenvalue weighted by molar-refractivity contribution is -0.147. The molecule has 6 nitrogen and oxygen atoms in total. The molecule has 0 radical (unpaired) electrons. The fourth-order valence-corrected chi connectivity index (χ4v) is 4.41. The highest BCUT2D eigenvalue weighted by atomic mass is 32.2. The van der Waals surface area contributed by atoms with Gasteiger partial charge in [-0.15, -0.1) is 0 Å². The Balaban J connectivity index is 1.94. The number of carbonyl (C=O) groups is 2. The van der Waals surface area contributed by atoms with Crippen molar-refractivity contribution in [3.8, 4) is 0 Å². The van der Waals surface area contributed by atoms with Crippen LogP contribution in [0.4, 0.5) is 0 Å². The molecular formula is C16H22N2O4S. The number of aryl methyl sites for hydroxylation is 1. The van der Waals surface area contributed by atoms with Crippen molar-refractivity contribution >= 4 is 21.7 Å². The number of likely N-dealkylation sites (N-methyl/N-ethyl adjacent to an activating group) is 1. The summed E-state index contributed by atoms with van der Waals surface area (Å²) in [5, 5.41) is 2.60. The van der Waals surface area contributed by atoms with Crippen molar-refractivity contribution in [1.29, 1.82) is 0 Å². The molecule has 1 fully saturated rings. The number of nitrogens with zero attached hydrogens (tertiary/aromatic N) is 1. The zero-order valence-corrected chi connectivity index (χ0v) is 14.2. The van der Waals surface area contributed by atoms with Crippen LogP contribution in [0.25, 0.3) is 0 Å². The third kappa shape index (κ3) is 4.54. The predicted molar refractivity (Wildman–Crippen MR) is 87.5 cm³/mol. The number of rotatable bonds is 4. The molecule has 0 bridgehead atoms. The van der Waals surface area contributed by atoms with E-state index < -0.39 is 27.7 Å². The Labute approximate surface area is 136 Å². The summed E-state index contributed by atoms with van der Waals surface area (Å²) in [6.45, 7) is 4.30. The molecule has 1 aromatic carbocycles. The van der Waals surface area contributed by atoms with E-state index in [1.807, 2.05) is 31.2 Å². The predicted octanol–water partition coefficient (Wildman–Crippen LogP) is 0.647. The Morgan fingerprint density at radius 1 is 1.26 bits per heavy atom. The summed E-state index contributed by atoms with van der Waals surface area (Å²) in [5.41, 5.74) is 2.03. The van der Waals surface area contributed by atoms with Gasteiger partial charge >= 0.3 is 11.8 Å². The smallest absolute Gasteiger partial charge is 0.312 e. The number of sulfone groups is 1. The van der Waals surface area contributed by atoms with E-state index in [4.69, 9.17) is 0 Å². The van der Waals surface area contributed by atoms with Gasteiger partial charge in [-0.3, -0.25) is 9.59 Å². The maximum absolute atomic E-state index is 12.3. The van der Waals surface area contributed by atoms with Gasteiger partial charge in [0.25, 0.3) is 0 Å². The molecule has 2 rings (SSSR count). The molecule has 1 aliphatic heterocycles. The van der Waals surface area contributed by atoms with Crippen LogP contribution in [-0.2, 0) is 26.0 Å². The molecule has 1 N–H and O–H groups in total. The number of benzene rings is 1. The van der Waals surface area contributed by atoms with Crippen LogP contribution in [-0.4, -0.2) is 49.2 Å². The van der Waals surface area contributed by atoms with Crippen molar-refractivity contribution in [3.63, 3.8) is 0 Å². The van der Waals surface area contributed by atoms with E-state index in [9.17, 15) is 18.0 Å². The molecule has 0 aromatic heterocycles. The normalized spacial score (nSPS) is 19.3. The van der Waals surface area contributed by atoms with Gasteiger partial charge in [0.1, 0.15) is 0 Å². The van der Waals surface area contributed by atoms with Crippen molar-refractivity contribution in [1.82, 2.24) is 10.2 Å². The van der Waals surface area contributed by atoms with Crippen molar-refractivity contribution in [2.75, 3.05) is 18.1 Å². The van der Waals surface area contributed by atoms with E-state index in [2.05, 4.69) is 5.32 Å². The van der Waals surface area contributed by atoms with Crippen LogP contribution in [0.2, 0.25) is 0 Å². The first-order valence-electron chi connectivity index (χ1n) is 7.67. The highest BCUT2D eigenvalue weighted by Gasteiger charge is 2.35. The lowest BCUT2D eigenvalue weighted by Gasteiger charge is -2.26. The third-order valence-corrected chi connectivity index (χ3v) is 5.77. The van der Waals surface area contributed by atoms with Crippen molar-refractivity contribution < 1.29 is 18.0 Å². The minimum absolute atomic E-state index is 0.0577. The van der Waals surface area contributed by atoms with E-state index in [-0.39, 0.29) is 18.1 Å². The zero-order valence-electron chi connectivity index (χ0n) is 13.4. The molecule has 1 heterocycles. The van der Waals surface area contributed by atoms with E-state index in [0.717, 1.165) is 11.1 Å². The van der Waals surface area contributed by atoms with Crippen LogP contribution in [0.15, 0.2) is 24.3 Å². The molecular weight excluding hydrogens is 316 g/mol. The summed E-state index contributed by atoms with van der Waals surface area (Å²) in [4.78, 5) is 25.7. The van der Waals surface area contributed by atoms with E-state index in [0.29, 0.717) is 13.0 Å². The molecule has 1 unspecified atom stereocenters. The van der Waals surface area contributed by atoms with Crippen LogP contribution < -0.4 is 5.32 Å². The Hall–Kier alpha value is -1.89. The molecule has 2 amide bonds. The van der Waals surface area contributed by atoms with Crippen LogP contribution in [0.1, 0.15) is 24.5 Å². The second-order valence-corrected chi connectivity index (χ2v) is 8.05. The van der Waals surface area contributed by atoms with Gasteiger partial charge in [0, 0.05) is 19.1 Å². The minimum atomic E-state index is -3.09. The Kier molecular flexibility index (Phi) is 5.41. The highest BCUT2D eigenvalue weighted by molar-refractivity contribution is 7.91. The zero-order chi connectivity index (χ0) is 17.0. The monoisotopic (exact) mass is 338 g/mol. The molecule has 1 saturated heterocycles. The number of hydrogen-bond acceptors (Lipinski definition) is 4.